The van der Waals surface area contributed by atoms with Crippen LogP contribution in [0.25, 0.3) is 0 Å². The number of Topliss-reactive ketones (excluding diaryl/α,β-unsaturated/α-hetero) is 1. The maximum Gasteiger partial charge on any atom is 0.159 e. The van der Waals surface area contributed by atoms with Crippen LogP contribution in [0.5, 0.6) is 0 Å². The molecule has 0 heterocycles. The summed E-state index contributed by atoms with van der Waals surface area (Å²) in [5.74, 6) is 0.663. The second kappa shape index (κ2) is 6.18. The first-order chi connectivity index (χ1) is 8.00. The molecule has 0 aliphatic carbocycles. The fraction of sp³-hybridized carbons (Fsp3) is 0.429. The Morgan fingerprint density at radius 3 is 2.18 bits per heavy atom. The Morgan fingerprint density at radius 1 is 1.18 bits per heavy atom. The number of hydrogen-bond donors (Lipinski definition) is 1. The highest BCUT2D eigenvalue weighted by Crippen LogP contribution is 2.06. The first-order valence-corrected chi connectivity index (χ1v) is 5.89. The van der Waals surface area contributed by atoms with E-state index in [2.05, 4.69) is 24.4 Å². The lowest BCUT2D eigenvalue weighted by atomic mass is 10.1. The second-order valence-corrected chi connectivity index (χ2v) is 4.59. The Labute approximate surface area is 103 Å². The van der Waals surface area contributed by atoms with Crippen molar-refractivity contribution in [2.24, 2.45) is 11.0 Å². The number of nitrogens with one attached hydrogen (secondary N) is 1. The summed E-state index contributed by atoms with van der Waals surface area (Å²) in [6, 6.07) is 7.51. The molecule has 1 rings (SSSR count). The third-order valence-corrected chi connectivity index (χ3v) is 2.46. The van der Waals surface area contributed by atoms with Gasteiger partial charge in [0.1, 0.15) is 0 Å². The molecule has 0 bridgehead atoms. The predicted octanol–water partition coefficient (Wildman–Crippen LogP) is 2.86. The zero-order valence-electron chi connectivity index (χ0n) is 10.9. The van der Waals surface area contributed by atoms with Crippen LogP contribution in [0.1, 0.15) is 43.6 Å². The van der Waals surface area contributed by atoms with Gasteiger partial charge in [-0.05, 0) is 25.3 Å². The highest BCUT2D eigenvalue weighted by Gasteiger charge is 2.01. The van der Waals surface area contributed by atoms with Gasteiger partial charge < -0.3 is 5.43 Å². The predicted molar refractivity (Wildman–Crippen MR) is 71.5 cm³/mol. The minimum atomic E-state index is 0.0871. The van der Waals surface area contributed by atoms with E-state index in [1.807, 2.05) is 31.2 Å². The van der Waals surface area contributed by atoms with Crippen molar-refractivity contribution < 1.29 is 4.79 Å². The first kappa shape index (κ1) is 13.4. The van der Waals surface area contributed by atoms with Crippen molar-refractivity contribution in [3.8, 4) is 0 Å². The van der Waals surface area contributed by atoms with Crippen LogP contribution in [0.2, 0.25) is 0 Å². The van der Waals surface area contributed by atoms with Crippen molar-refractivity contribution in [2.75, 3.05) is 6.54 Å². The minimum Gasteiger partial charge on any atom is -0.310 e. The molecule has 0 aliphatic heterocycles. The topological polar surface area (TPSA) is 41.5 Å². The van der Waals surface area contributed by atoms with Crippen LogP contribution < -0.4 is 5.43 Å². The molecule has 0 spiro atoms. The van der Waals surface area contributed by atoms with E-state index in [1.54, 1.807) is 6.92 Å². The smallest absolute Gasteiger partial charge is 0.159 e. The number of nitrogens with zero attached hydrogens (tertiary/aromatic N) is 1. The molecule has 0 saturated heterocycles. The summed E-state index contributed by atoms with van der Waals surface area (Å²) in [5, 5.41) is 4.29. The number of hydrogen-bond acceptors (Lipinski definition) is 3. The molecule has 17 heavy (non-hydrogen) atoms. The van der Waals surface area contributed by atoms with E-state index in [4.69, 9.17) is 0 Å². The molecule has 1 aromatic rings. The van der Waals surface area contributed by atoms with Gasteiger partial charge in [-0.25, -0.2) is 0 Å². The molecule has 0 unspecified atom stereocenters. The highest BCUT2D eigenvalue weighted by atomic mass is 16.1. The van der Waals surface area contributed by atoms with Crippen molar-refractivity contribution >= 4 is 11.5 Å². The average Bonchev–Trinajstić information content (AvgIpc) is 2.28. The Kier molecular flexibility index (Phi) is 4.88. The molecule has 3 heteroatoms. The maximum atomic E-state index is 11.1. The van der Waals surface area contributed by atoms with E-state index >= 15 is 0 Å². The molecule has 0 aliphatic rings. The third-order valence-electron chi connectivity index (χ3n) is 2.46. The molecular formula is C14H20N2O. The molecule has 0 atom stereocenters. The van der Waals surface area contributed by atoms with Crippen LogP contribution in [0.3, 0.4) is 0 Å². The van der Waals surface area contributed by atoms with Crippen molar-refractivity contribution in [3.63, 3.8) is 0 Å². The van der Waals surface area contributed by atoms with Gasteiger partial charge in [-0.2, -0.15) is 5.10 Å². The van der Waals surface area contributed by atoms with Crippen molar-refractivity contribution in [1.82, 2.24) is 5.43 Å². The Bertz CT molecular complexity index is 405. The molecule has 1 aromatic carbocycles. The van der Waals surface area contributed by atoms with Crippen molar-refractivity contribution in [2.45, 2.75) is 27.7 Å². The summed E-state index contributed by atoms with van der Waals surface area (Å²) in [7, 11) is 0. The summed E-state index contributed by atoms with van der Waals surface area (Å²) in [4.78, 5) is 11.1. The summed E-state index contributed by atoms with van der Waals surface area (Å²) >= 11 is 0. The lowest BCUT2D eigenvalue weighted by Crippen LogP contribution is -2.15. The largest absolute Gasteiger partial charge is 0.310 e. The SMILES string of the molecule is CC(=O)c1ccc(/C(C)=N/NCC(C)C)cc1. The van der Waals surface area contributed by atoms with Gasteiger partial charge in [0.15, 0.2) is 5.78 Å². The van der Waals surface area contributed by atoms with E-state index in [1.165, 1.54) is 0 Å². The number of carbonyl (C=O) groups is 1. The first-order valence-electron chi connectivity index (χ1n) is 5.89. The van der Waals surface area contributed by atoms with Gasteiger partial charge in [-0.1, -0.05) is 38.1 Å². The van der Waals surface area contributed by atoms with Crippen LogP contribution in [0, 0.1) is 5.92 Å². The van der Waals surface area contributed by atoms with Crippen LogP contribution in [-0.4, -0.2) is 18.0 Å². The molecule has 3 nitrogen and oxygen atoms in total. The van der Waals surface area contributed by atoms with E-state index in [0.717, 1.165) is 23.4 Å². The normalized spacial score (nSPS) is 11.7. The van der Waals surface area contributed by atoms with Crippen molar-refractivity contribution in [3.05, 3.63) is 35.4 Å². The zero-order valence-corrected chi connectivity index (χ0v) is 10.9. The number of benzene rings is 1. The van der Waals surface area contributed by atoms with Crippen LogP contribution >= 0.6 is 0 Å². The lowest BCUT2D eigenvalue weighted by Gasteiger charge is -2.06. The number of carbonyl (C=O) groups excluding carboxylic acids is 1. The monoisotopic (exact) mass is 232 g/mol. The van der Waals surface area contributed by atoms with Crippen molar-refractivity contribution in [1.29, 1.82) is 0 Å². The molecule has 92 valence electrons. The van der Waals surface area contributed by atoms with Crippen LogP contribution in [0.4, 0.5) is 0 Å². The van der Waals surface area contributed by atoms with E-state index in [-0.39, 0.29) is 5.78 Å². The quantitative estimate of drug-likeness (QED) is 0.482. The molecule has 0 aromatic heterocycles. The molecule has 0 saturated carbocycles. The van der Waals surface area contributed by atoms with E-state index < -0.39 is 0 Å². The number of hydrazone groups is 1. The van der Waals surface area contributed by atoms with Crippen LogP contribution in [-0.2, 0) is 0 Å². The van der Waals surface area contributed by atoms with Gasteiger partial charge >= 0.3 is 0 Å². The Balaban J connectivity index is 2.69. The standard InChI is InChI=1S/C14H20N2O/c1-10(2)9-15-16-11(3)13-5-7-14(8-6-13)12(4)17/h5-8,10,15H,9H2,1-4H3/b16-11+. The van der Waals surface area contributed by atoms with Gasteiger partial charge in [0.05, 0.1) is 5.71 Å². The average molecular weight is 232 g/mol. The zero-order chi connectivity index (χ0) is 12.8. The summed E-state index contributed by atoms with van der Waals surface area (Å²) in [6.07, 6.45) is 0. The second-order valence-electron chi connectivity index (χ2n) is 4.59. The lowest BCUT2D eigenvalue weighted by molar-refractivity contribution is 0.101. The number of rotatable bonds is 5. The maximum absolute atomic E-state index is 11.1. The highest BCUT2D eigenvalue weighted by molar-refractivity contribution is 6.00. The summed E-state index contributed by atoms with van der Waals surface area (Å²) in [5.41, 5.74) is 5.74. The van der Waals surface area contributed by atoms with Gasteiger partial charge in [0.25, 0.3) is 0 Å². The fourth-order valence-corrected chi connectivity index (χ4v) is 1.36. The molecule has 0 radical (unpaired) electrons. The molecule has 0 fully saturated rings. The van der Waals surface area contributed by atoms with Crippen LogP contribution in [0.15, 0.2) is 29.4 Å². The van der Waals surface area contributed by atoms with E-state index in [0.29, 0.717) is 5.92 Å². The molecule has 1 N–H and O–H groups in total. The van der Waals surface area contributed by atoms with Gasteiger partial charge in [0.2, 0.25) is 0 Å². The minimum absolute atomic E-state index is 0.0871. The molecular weight excluding hydrogens is 212 g/mol. The summed E-state index contributed by atoms with van der Waals surface area (Å²) in [6.45, 7) is 8.66. The Hall–Kier alpha value is -1.64. The third kappa shape index (κ3) is 4.39. The van der Waals surface area contributed by atoms with Gasteiger partial charge in [-0.15, -0.1) is 0 Å². The van der Waals surface area contributed by atoms with Gasteiger partial charge in [0, 0.05) is 12.1 Å². The summed E-state index contributed by atoms with van der Waals surface area (Å²) < 4.78 is 0. The Morgan fingerprint density at radius 2 is 1.71 bits per heavy atom. The fourth-order valence-electron chi connectivity index (χ4n) is 1.36. The van der Waals surface area contributed by atoms with E-state index in [9.17, 15) is 4.79 Å². The van der Waals surface area contributed by atoms with Gasteiger partial charge in [-0.3, -0.25) is 4.79 Å². The number of ketones is 1. The molecule has 0 amide bonds.